The fraction of sp³-hybridized carbons (Fsp3) is 0.750. The molecule has 6 unspecified atom stereocenters. The molecular weight excluding hydrogens is 672 g/mol. The Morgan fingerprint density at radius 2 is 1.15 bits per heavy atom. The van der Waals surface area contributed by atoms with Gasteiger partial charge in [-0.2, -0.15) is 0 Å². The lowest BCUT2D eigenvalue weighted by molar-refractivity contribution is -0.305. The van der Waals surface area contributed by atoms with Crippen LogP contribution in [0.5, 0.6) is 0 Å². The van der Waals surface area contributed by atoms with Crippen LogP contribution in [-0.4, -0.2) is 89.6 Å². The number of unbranched alkanes of at least 4 members (excludes halogenated alkanes) is 13. The van der Waals surface area contributed by atoms with E-state index in [1.165, 1.54) is 57.8 Å². The van der Waals surface area contributed by atoms with Crippen molar-refractivity contribution < 1.29 is 44.2 Å². The smallest absolute Gasteiger partial charge is 0.306 e. The Bertz CT molecular complexity index is 989. The van der Waals surface area contributed by atoms with Gasteiger partial charge in [-0.3, -0.25) is 4.79 Å². The normalized spacial score (nSPS) is 21.7. The minimum absolute atomic E-state index is 0.114. The van der Waals surface area contributed by atoms with Crippen LogP contribution in [0.2, 0.25) is 0 Å². The van der Waals surface area contributed by atoms with E-state index in [9.17, 15) is 25.2 Å². The van der Waals surface area contributed by atoms with Crippen LogP contribution >= 0.6 is 0 Å². The third kappa shape index (κ3) is 27.2. The number of aliphatic hydroxyl groups is 4. The maximum atomic E-state index is 12.7. The van der Waals surface area contributed by atoms with E-state index in [4.69, 9.17) is 18.9 Å². The Morgan fingerprint density at radius 3 is 1.70 bits per heavy atom. The molecule has 1 fully saturated rings. The number of hydrogen-bond acceptors (Lipinski definition) is 9. The molecule has 0 saturated carbocycles. The van der Waals surface area contributed by atoms with E-state index in [2.05, 4.69) is 74.6 Å². The molecule has 0 spiro atoms. The fourth-order valence-corrected chi connectivity index (χ4v) is 5.93. The van der Waals surface area contributed by atoms with Crippen LogP contribution < -0.4 is 0 Å². The van der Waals surface area contributed by atoms with Crippen LogP contribution in [0, 0.1) is 0 Å². The first-order valence-corrected chi connectivity index (χ1v) is 20.9. The third-order valence-electron chi connectivity index (χ3n) is 9.20. The summed E-state index contributed by atoms with van der Waals surface area (Å²) in [6.45, 7) is 4.32. The molecule has 9 nitrogen and oxygen atoms in total. The second-order valence-electron chi connectivity index (χ2n) is 14.1. The lowest BCUT2D eigenvalue weighted by atomic mass is 9.99. The van der Waals surface area contributed by atoms with Crippen molar-refractivity contribution in [3.8, 4) is 0 Å². The molecule has 0 aromatic carbocycles. The van der Waals surface area contributed by atoms with Crippen molar-refractivity contribution in [2.45, 2.75) is 185 Å². The molecule has 0 amide bonds. The highest BCUT2D eigenvalue weighted by Gasteiger charge is 2.44. The predicted octanol–water partition coefficient (Wildman–Crippen LogP) is 8.74. The third-order valence-corrected chi connectivity index (χ3v) is 9.20. The van der Waals surface area contributed by atoms with Gasteiger partial charge in [0.15, 0.2) is 6.29 Å². The summed E-state index contributed by atoms with van der Waals surface area (Å²) in [5.74, 6) is -0.332. The minimum Gasteiger partial charge on any atom is -0.457 e. The molecule has 4 N–H and O–H groups in total. The zero-order valence-electron chi connectivity index (χ0n) is 33.2. The Labute approximate surface area is 322 Å². The number of carbonyl (C=O) groups is 1. The van der Waals surface area contributed by atoms with Gasteiger partial charge in [0.25, 0.3) is 0 Å². The Balaban J connectivity index is 2.34. The molecule has 0 radical (unpaired) electrons. The average Bonchev–Trinajstić information content (AvgIpc) is 3.16. The fourth-order valence-electron chi connectivity index (χ4n) is 5.93. The Kier molecular flexibility index (Phi) is 32.8. The van der Waals surface area contributed by atoms with Crippen molar-refractivity contribution in [3.05, 3.63) is 60.8 Å². The minimum atomic E-state index is -1.54. The van der Waals surface area contributed by atoms with E-state index in [-0.39, 0.29) is 19.2 Å². The average molecular weight is 749 g/mol. The van der Waals surface area contributed by atoms with Gasteiger partial charge in [0, 0.05) is 13.0 Å². The molecule has 1 aliphatic rings. The van der Waals surface area contributed by atoms with Crippen molar-refractivity contribution in [2.24, 2.45) is 0 Å². The number of hydrogen-bond donors (Lipinski definition) is 4. The molecule has 1 aliphatic heterocycles. The number of allylic oxidation sites excluding steroid dienone is 10. The predicted molar refractivity (Wildman–Crippen MR) is 214 cm³/mol. The quantitative estimate of drug-likeness (QED) is 0.0290. The highest BCUT2D eigenvalue weighted by molar-refractivity contribution is 5.69. The van der Waals surface area contributed by atoms with Gasteiger partial charge in [-0.05, 0) is 57.8 Å². The zero-order chi connectivity index (χ0) is 38.6. The van der Waals surface area contributed by atoms with Gasteiger partial charge in [-0.25, -0.2) is 0 Å². The van der Waals surface area contributed by atoms with Crippen LogP contribution in [-0.2, 0) is 23.7 Å². The van der Waals surface area contributed by atoms with Gasteiger partial charge in [-0.15, -0.1) is 0 Å². The monoisotopic (exact) mass is 749 g/mol. The molecule has 1 rings (SSSR count). The standard InChI is InChI=1S/C44H76O9/c1-3-5-7-9-11-13-15-17-18-19-20-21-22-24-26-28-30-32-34-50-36-38(37-51-44-43(49)42(48)41(47)39(35-45)53-44)52-40(46)33-31-29-27-25-23-16-14-12-10-8-6-4-2/h5,7,11,13,17-18,20-21,24,26,38-39,41-45,47-49H,3-4,6,8-10,12,14-16,19,22-23,25,27-37H2,1-2H3/b7-5-,13-11-,18-17-,21-20-,26-24-. The van der Waals surface area contributed by atoms with Gasteiger partial charge >= 0.3 is 5.97 Å². The van der Waals surface area contributed by atoms with Crippen molar-refractivity contribution in [1.29, 1.82) is 0 Å². The van der Waals surface area contributed by atoms with E-state index in [1.807, 2.05) is 0 Å². The Morgan fingerprint density at radius 1 is 0.623 bits per heavy atom. The van der Waals surface area contributed by atoms with Crippen molar-refractivity contribution >= 4 is 5.97 Å². The molecule has 0 aromatic rings. The van der Waals surface area contributed by atoms with Crippen LogP contribution in [0.25, 0.3) is 0 Å². The lowest BCUT2D eigenvalue weighted by Crippen LogP contribution is -2.59. The number of rotatable bonds is 34. The largest absolute Gasteiger partial charge is 0.457 e. The SMILES string of the molecule is CC/C=C\C/C=C\C/C=C\C/C=C\C/C=C\CCCCOCC(COC1OC(CO)C(O)C(O)C1O)OC(=O)CCCCCCCCCCCCCC. The van der Waals surface area contributed by atoms with Crippen LogP contribution in [0.1, 0.15) is 149 Å². The summed E-state index contributed by atoms with van der Waals surface area (Å²) in [5, 5.41) is 40.0. The van der Waals surface area contributed by atoms with Crippen molar-refractivity contribution in [1.82, 2.24) is 0 Å². The number of carbonyl (C=O) groups excluding carboxylic acids is 1. The van der Waals surface area contributed by atoms with Crippen molar-refractivity contribution in [2.75, 3.05) is 26.4 Å². The summed E-state index contributed by atoms with van der Waals surface area (Å²) in [6, 6.07) is 0. The van der Waals surface area contributed by atoms with Gasteiger partial charge in [0.2, 0.25) is 0 Å². The molecule has 9 heteroatoms. The van der Waals surface area contributed by atoms with E-state index < -0.39 is 43.4 Å². The second-order valence-corrected chi connectivity index (χ2v) is 14.1. The molecule has 0 aromatic heterocycles. The maximum Gasteiger partial charge on any atom is 0.306 e. The van der Waals surface area contributed by atoms with Gasteiger partial charge in [-0.1, -0.05) is 145 Å². The molecule has 1 saturated heterocycles. The van der Waals surface area contributed by atoms with Crippen LogP contribution in [0.15, 0.2) is 60.8 Å². The summed E-state index contributed by atoms with van der Waals surface area (Å²) < 4.78 is 22.7. The van der Waals surface area contributed by atoms with E-state index in [0.717, 1.165) is 70.6 Å². The van der Waals surface area contributed by atoms with Gasteiger partial charge < -0.3 is 39.4 Å². The van der Waals surface area contributed by atoms with Crippen molar-refractivity contribution in [3.63, 3.8) is 0 Å². The first-order chi connectivity index (χ1) is 25.9. The number of esters is 1. The number of ether oxygens (including phenoxy) is 4. The van der Waals surface area contributed by atoms with Gasteiger partial charge in [0.1, 0.15) is 30.5 Å². The molecule has 6 atom stereocenters. The summed E-state index contributed by atoms with van der Waals surface area (Å²) in [7, 11) is 0. The first-order valence-electron chi connectivity index (χ1n) is 20.9. The molecule has 0 bridgehead atoms. The van der Waals surface area contributed by atoms with E-state index >= 15 is 0 Å². The molecular formula is C44H76O9. The van der Waals surface area contributed by atoms with Crippen LogP contribution in [0.4, 0.5) is 0 Å². The number of aliphatic hydroxyl groups excluding tert-OH is 4. The zero-order valence-corrected chi connectivity index (χ0v) is 33.2. The molecule has 0 aliphatic carbocycles. The van der Waals surface area contributed by atoms with E-state index in [0.29, 0.717) is 13.0 Å². The topological polar surface area (TPSA) is 135 Å². The molecule has 306 valence electrons. The van der Waals surface area contributed by atoms with Gasteiger partial charge in [0.05, 0.1) is 19.8 Å². The summed E-state index contributed by atoms with van der Waals surface area (Å²) in [6.07, 6.45) is 36.8. The highest BCUT2D eigenvalue weighted by atomic mass is 16.7. The summed E-state index contributed by atoms with van der Waals surface area (Å²) in [4.78, 5) is 12.7. The first kappa shape index (κ1) is 48.9. The lowest BCUT2D eigenvalue weighted by Gasteiger charge is -2.39. The maximum absolute atomic E-state index is 12.7. The highest BCUT2D eigenvalue weighted by Crippen LogP contribution is 2.22. The Hall–Kier alpha value is -2.11. The second kappa shape index (κ2) is 35.6. The molecule has 53 heavy (non-hydrogen) atoms. The molecule has 1 heterocycles. The summed E-state index contributed by atoms with van der Waals surface area (Å²) in [5.41, 5.74) is 0. The van der Waals surface area contributed by atoms with E-state index in [1.54, 1.807) is 0 Å². The summed E-state index contributed by atoms with van der Waals surface area (Å²) >= 11 is 0. The van der Waals surface area contributed by atoms with Crippen LogP contribution in [0.3, 0.4) is 0 Å².